The predicted octanol–water partition coefficient (Wildman–Crippen LogP) is 5.65. The minimum atomic E-state index is -5.18. The van der Waals surface area contributed by atoms with Crippen molar-refractivity contribution in [2.24, 2.45) is 0 Å². The number of methoxy groups -OCH3 is 1. The summed E-state index contributed by atoms with van der Waals surface area (Å²) >= 11 is 1.15. The van der Waals surface area contributed by atoms with Gasteiger partial charge in [-0.2, -0.15) is 13.2 Å². The Bertz CT molecular complexity index is 1110. The van der Waals surface area contributed by atoms with Crippen LogP contribution in [0.15, 0.2) is 47.4 Å². The van der Waals surface area contributed by atoms with Crippen LogP contribution in [0.1, 0.15) is 25.0 Å². The first-order valence-electron chi connectivity index (χ1n) is 11.0. The van der Waals surface area contributed by atoms with Crippen LogP contribution in [0.4, 0.5) is 32.0 Å². The molecule has 1 amide bonds. The third kappa shape index (κ3) is 10.1. The Morgan fingerprint density at radius 2 is 1.66 bits per heavy atom. The lowest BCUT2D eigenvalue weighted by molar-refractivity contribution is -0.274. The van der Waals surface area contributed by atoms with Gasteiger partial charge in [0, 0.05) is 25.1 Å². The lowest BCUT2D eigenvalue weighted by Gasteiger charge is -2.23. The fourth-order valence-corrected chi connectivity index (χ4v) is 4.10. The van der Waals surface area contributed by atoms with Gasteiger partial charge in [0.2, 0.25) is 5.91 Å². The summed E-state index contributed by atoms with van der Waals surface area (Å²) < 4.78 is 85.2. The highest BCUT2D eigenvalue weighted by Gasteiger charge is 2.37. The number of hydrogen-bond donors (Lipinski definition) is 2. The second-order valence-corrected chi connectivity index (χ2v) is 10.3. The van der Waals surface area contributed by atoms with E-state index in [1.807, 2.05) is 0 Å². The maximum atomic E-state index is 13.5. The third-order valence-electron chi connectivity index (χ3n) is 5.00. The van der Waals surface area contributed by atoms with Gasteiger partial charge in [0.15, 0.2) is 0 Å². The molecule has 2 rings (SSSR count). The molecule has 7 nitrogen and oxygen atoms in total. The van der Waals surface area contributed by atoms with Crippen LogP contribution in [0.5, 0.6) is 5.75 Å². The summed E-state index contributed by atoms with van der Waals surface area (Å²) in [5.41, 5.74) is -1.46. The minimum Gasteiger partial charge on any atom is -0.480 e. The SMILES string of the molecule is COCCN(CC(=O)Nc1ccc(OC(F)(F)F)cc1C(F)(F)F)Cc1ccc(SC(C)(C)C(=O)O)cc1. The van der Waals surface area contributed by atoms with Crippen LogP contribution in [0.3, 0.4) is 0 Å². The lowest BCUT2D eigenvalue weighted by Crippen LogP contribution is -2.35. The number of anilines is 1. The first-order chi connectivity index (χ1) is 17.5. The molecule has 2 aromatic carbocycles. The molecule has 2 N–H and O–H groups in total. The number of rotatable bonds is 12. The van der Waals surface area contributed by atoms with Gasteiger partial charge in [0.25, 0.3) is 0 Å². The van der Waals surface area contributed by atoms with Gasteiger partial charge in [0.1, 0.15) is 10.5 Å². The van der Waals surface area contributed by atoms with Crippen LogP contribution in [-0.2, 0) is 27.0 Å². The Morgan fingerprint density at radius 1 is 1.03 bits per heavy atom. The van der Waals surface area contributed by atoms with E-state index in [1.54, 1.807) is 43.0 Å². The van der Waals surface area contributed by atoms with Gasteiger partial charge in [-0.3, -0.25) is 14.5 Å². The zero-order valence-electron chi connectivity index (χ0n) is 20.6. The number of nitrogens with zero attached hydrogens (tertiary/aromatic N) is 1. The maximum Gasteiger partial charge on any atom is 0.573 e. The van der Waals surface area contributed by atoms with E-state index in [0.29, 0.717) is 17.0 Å². The molecule has 0 saturated heterocycles. The number of amides is 1. The third-order valence-corrected chi connectivity index (χ3v) is 6.19. The fraction of sp³-hybridized carbons (Fsp3) is 0.417. The zero-order chi connectivity index (χ0) is 28.7. The van der Waals surface area contributed by atoms with Crippen LogP contribution in [-0.4, -0.2) is 59.8 Å². The summed E-state index contributed by atoms with van der Waals surface area (Å²) in [4.78, 5) is 26.3. The summed E-state index contributed by atoms with van der Waals surface area (Å²) in [7, 11) is 1.44. The van der Waals surface area contributed by atoms with E-state index in [2.05, 4.69) is 10.1 Å². The minimum absolute atomic E-state index is 0.164. The molecule has 0 heterocycles. The number of carboxylic acids is 1. The second-order valence-electron chi connectivity index (χ2n) is 8.57. The number of carbonyl (C=O) groups is 2. The molecule has 0 saturated carbocycles. The Kier molecular flexibility index (Phi) is 10.5. The van der Waals surface area contributed by atoms with Crippen LogP contribution in [0.2, 0.25) is 0 Å². The van der Waals surface area contributed by atoms with E-state index in [9.17, 15) is 41.0 Å². The molecule has 38 heavy (non-hydrogen) atoms. The first-order valence-corrected chi connectivity index (χ1v) is 11.8. The fourth-order valence-electron chi connectivity index (χ4n) is 3.15. The lowest BCUT2D eigenvalue weighted by atomic mass is 10.1. The Morgan fingerprint density at radius 3 is 2.18 bits per heavy atom. The van der Waals surface area contributed by atoms with Gasteiger partial charge in [-0.15, -0.1) is 24.9 Å². The average molecular weight is 569 g/mol. The quantitative estimate of drug-likeness (QED) is 0.253. The van der Waals surface area contributed by atoms with Crippen molar-refractivity contribution < 1.29 is 50.5 Å². The molecule has 0 aliphatic rings. The van der Waals surface area contributed by atoms with Gasteiger partial charge in [0.05, 0.1) is 24.4 Å². The van der Waals surface area contributed by atoms with E-state index in [0.717, 1.165) is 17.3 Å². The molecular formula is C24H26F6N2O5S. The molecule has 0 atom stereocenters. The molecule has 0 unspecified atom stereocenters. The highest BCUT2D eigenvalue weighted by atomic mass is 32.2. The van der Waals surface area contributed by atoms with Crippen LogP contribution in [0, 0.1) is 0 Å². The van der Waals surface area contributed by atoms with E-state index in [1.165, 1.54) is 7.11 Å². The molecular weight excluding hydrogens is 542 g/mol. The van der Waals surface area contributed by atoms with Crippen molar-refractivity contribution in [1.82, 2.24) is 4.90 Å². The van der Waals surface area contributed by atoms with Gasteiger partial charge in [-0.1, -0.05) is 12.1 Å². The summed E-state index contributed by atoms with van der Waals surface area (Å²) in [6.07, 6.45) is -10.2. The maximum absolute atomic E-state index is 13.5. The van der Waals surface area contributed by atoms with Crippen molar-refractivity contribution in [2.75, 3.05) is 32.1 Å². The average Bonchev–Trinajstić information content (AvgIpc) is 2.77. The monoisotopic (exact) mass is 568 g/mol. The second kappa shape index (κ2) is 12.7. The summed E-state index contributed by atoms with van der Waals surface area (Å²) in [6, 6.07) is 8.44. The van der Waals surface area contributed by atoms with E-state index in [-0.39, 0.29) is 32.3 Å². The van der Waals surface area contributed by atoms with E-state index in [4.69, 9.17) is 4.74 Å². The van der Waals surface area contributed by atoms with Gasteiger partial charge < -0.3 is 19.9 Å². The molecule has 210 valence electrons. The predicted molar refractivity (Wildman–Crippen MR) is 128 cm³/mol. The number of halogens is 6. The summed E-state index contributed by atoms with van der Waals surface area (Å²) in [5, 5.41) is 11.4. The normalized spacial score (nSPS) is 12.5. The molecule has 0 spiro atoms. The van der Waals surface area contributed by atoms with Crippen molar-refractivity contribution in [3.05, 3.63) is 53.6 Å². The van der Waals surface area contributed by atoms with Crippen molar-refractivity contribution in [2.45, 2.75) is 42.6 Å². The number of nitrogens with one attached hydrogen (secondary N) is 1. The molecule has 0 bridgehead atoms. The molecule has 0 aromatic heterocycles. The van der Waals surface area contributed by atoms with Gasteiger partial charge >= 0.3 is 18.5 Å². The molecule has 2 aromatic rings. The largest absolute Gasteiger partial charge is 0.573 e. The van der Waals surface area contributed by atoms with Gasteiger partial charge in [-0.05, 0) is 49.7 Å². The zero-order valence-corrected chi connectivity index (χ0v) is 21.4. The van der Waals surface area contributed by atoms with Crippen LogP contribution in [0.25, 0.3) is 0 Å². The Hall–Kier alpha value is -2.97. The number of thioether (sulfide) groups is 1. The van der Waals surface area contributed by atoms with E-state index < -0.39 is 46.2 Å². The van der Waals surface area contributed by atoms with Gasteiger partial charge in [-0.25, -0.2) is 0 Å². The Labute approximate surface area is 219 Å². The molecule has 0 aliphatic heterocycles. The number of carbonyl (C=O) groups excluding carboxylic acids is 1. The smallest absolute Gasteiger partial charge is 0.480 e. The highest BCUT2D eigenvalue weighted by molar-refractivity contribution is 8.01. The Balaban J connectivity index is 2.14. The van der Waals surface area contributed by atoms with Crippen molar-refractivity contribution in [1.29, 1.82) is 0 Å². The first kappa shape index (κ1) is 31.2. The number of ether oxygens (including phenoxy) is 2. The number of aliphatic carboxylic acids is 1. The summed E-state index contributed by atoms with van der Waals surface area (Å²) in [6.45, 7) is 3.47. The highest BCUT2D eigenvalue weighted by Crippen LogP contribution is 2.38. The topological polar surface area (TPSA) is 88.1 Å². The molecule has 0 radical (unpaired) electrons. The number of alkyl halides is 6. The van der Waals surface area contributed by atoms with Crippen LogP contribution >= 0.6 is 11.8 Å². The van der Waals surface area contributed by atoms with Crippen molar-refractivity contribution in [3.63, 3.8) is 0 Å². The molecule has 14 heteroatoms. The van der Waals surface area contributed by atoms with Crippen molar-refractivity contribution >= 4 is 29.3 Å². The van der Waals surface area contributed by atoms with E-state index >= 15 is 0 Å². The van der Waals surface area contributed by atoms with Crippen molar-refractivity contribution in [3.8, 4) is 5.75 Å². The van der Waals surface area contributed by atoms with Crippen LogP contribution < -0.4 is 10.1 Å². The molecule has 0 aliphatic carbocycles. The molecule has 0 fully saturated rings. The summed E-state index contributed by atoms with van der Waals surface area (Å²) in [5.74, 6) is -2.87. The standard InChI is InChI=1S/C24H26F6N2O5S/c1-22(2,21(34)35)38-17-7-4-15(5-8-17)13-32(10-11-36-3)14-20(33)31-19-9-6-16(37-24(28,29)30)12-18(19)23(25,26)27/h4-9,12H,10-11,13-14H2,1-3H3,(H,31,33)(H,34,35). The number of benzene rings is 2. The number of carboxylic acid groups (broad SMARTS) is 1. The number of hydrogen-bond acceptors (Lipinski definition) is 6.